The van der Waals surface area contributed by atoms with Crippen LogP contribution >= 0.6 is 0 Å². The quantitative estimate of drug-likeness (QED) is 0.714. The summed E-state index contributed by atoms with van der Waals surface area (Å²) >= 11 is 0. The molecule has 78 valence electrons. The van der Waals surface area contributed by atoms with Crippen LogP contribution in [0.5, 0.6) is 0 Å². The van der Waals surface area contributed by atoms with Crippen LogP contribution in [0.25, 0.3) is 11.0 Å². The zero-order chi connectivity index (χ0) is 10.8. The number of carbonyl (C=O) groups excluding carboxylic acids is 1. The fraction of sp³-hybridized carbons (Fsp3) is 0.364. The lowest BCUT2D eigenvalue weighted by molar-refractivity contribution is -0.107. The molecule has 15 heavy (non-hydrogen) atoms. The Morgan fingerprint density at radius 1 is 1.47 bits per heavy atom. The van der Waals surface area contributed by atoms with Gasteiger partial charge in [0.2, 0.25) is 0 Å². The van der Waals surface area contributed by atoms with E-state index in [0.29, 0.717) is 6.42 Å². The first-order valence-corrected chi connectivity index (χ1v) is 5.00. The van der Waals surface area contributed by atoms with Gasteiger partial charge >= 0.3 is 0 Å². The normalized spacial score (nSPS) is 11.1. The minimum atomic E-state index is 0.279. The van der Waals surface area contributed by atoms with Crippen LogP contribution in [0.4, 0.5) is 0 Å². The van der Waals surface area contributed by atoms with Crippen molar-refractivity contribution >= 4 is 17.3 Å². The highest BCUT2D eigenvalue weighted by Gasteiger charge is 2.09. The van der Waals surface area contributed by atoms with Gasteiger partial charge in [-0.2, -0.15) is 0 Å². The molecule has 0 bridgehead atoms. The second kappa shape index (κ2) is 3.81. The van der Waals surface area contributed by atoms with Gasteiger partial charge in [-0.1, -0.05) is 17.3 Å². The first kappa shape index (κ1) is 9.83. The van der Waals surface area contributed by atoms with E-state index in [1.165, 1.54) is 0 Å². The summed E-state index contributed by atoms with van der Waals surface area (Å²) in [6.45, 7) is 4.11. The van der Waals surface area contributed by atoms with E-state index in [2.05, 4.69) is 24.2 Å². The van der Waals surface area contributed by atoms with E-state index >= 15 is 0 Å². The smallest absolute Gasteiger partial charge is 0.124 e. The average molecular weight is 203 g/mol. The number of fused-ring (bicyclic) bond motifs is 1. The molecule has 0 saturated heterocycles. The summed E-state index contributed by atoms with van der Waals surface area (Å²) in [6.07, 6.45) is 1.29. The Labute approximate surface area is 87.9 Å². The summed E-state index contributed by atoms with van der Waals surface area (Å²) in [4.78, 5) is 10.5. The molecule has 1 heterocycles. The van der Waals surface area contributed by atoms with Gasteiger partial charge in [-0.3, -0.25) is 0 Å². The minimum Gasteiger partial charge on any atom is -0.303 e. The topological polar surface area (TPSA) is 47.8 Å². The predicted molar refractivity (Wildman–Crippen MR) is 57.7 cm³/mol. The standard InChI is InChI=1S/C11H13N3O/c1-8(2)14-10-5-3-4-9(6-7-15)11(10)12-13-14/h3-5,7-8H,6H2,1-2H3. The number of aldehydes is 1. The van der Waals surface area contributed by atoms with E-state index in [-0.39, 0.29) is 6.04 Å². The highest BCUT2D eigenvalue weighted by Crippen LogP contribution is 2.18. The number of hydrogen-bond donors (Lipinski definition) is 0. The molecule has 1 aromatic carbocycles. The third kappa shape index (κ3) is 1.63. The Morgan fingerprint density at radius 3 is 2.93 bits per heavy atom. The molecule has 0 fully saturated rings. The van der Waals surface area contributed by atoms with Crippen LogP contribution in [0.2, 0.25) is 0 Å². The second-order valence-electron chi connectivity index (χ2n) is 3.78. The number of rotatable bonds is 3. The fourth-order valence-corrected chi connectivity index (χ4v) is 1.66. The Bertz CT molecular complexity index is 488. The summed E-state index contributed by atoms with van der Waals surface area (Å²) < 4.78 is 1.86. The molecule has 0 aliphatic rings. The van der Waals surface area contributed by atoms with E-state index in [9.17, 15) is 4.79 Å². The largest absolute Gasteiger partial charge is 0.303 e. The van der Waals surface area contributed by atoms with Crippen molar-refractivity contribution in [2.24, 2.45) is 0 Å². The molecule has 0 radical (unpaired) electrons. The predicted octanol–water partition coefficient (Wildman–Crippen LogP) is 1.75. The zero-order valence-corrected chi connectivity index (χ0v) is 8.84. The number of aromatic nitrogens is 3. The van der Waals surface area contributed by atoms with Crippen molar-refractivity contribution in [2.45, 2.75) is 26.3 Å². The molecule has 0 aliphatic heterocycles. The van der Waals surface area contributed by atoms with Crippen LogP contribution in [0.1, 0.15) is 25.5 Å². The number of carbonyl (C=O) groups is 1. The molecular weight excluding hydrogens is 190 g/mol. The van der Waals surface area contributed by atoms with Gasteiger partial charge in [0.1, 0.15) is 11.8 Å². The third-order valence-corrected chi connectivity index (χ3v) is 2.38. The Kier molecular flexibility index (Phi) is 2.49. The van der Waals surface area contributed by atoms with Gasteiger partial charge in [0, 0.05) is 12.5 Å². The van der Waals surface area contributed by atoms with Crippen LogP contribution in [0, 0.1) is 0 Å². The summed E-state index contributed by atoms with van der Waals surface area (Å²) in [5, 5.41) is 8.20. The first-order valence-electron chi connectivity index (χ1n) is 5.00. The van der Waals surface area contributed by atoms with Gasteiger partial charge in [-0.15, -0.1) is 5.10 Å². The fourth-order valence-electron chi connectivity index (χ4n) is 1.66. The van der Waals surface area contributed by atoms with Crippen LogP contribution < -0.4 is 0 Å². The SMILES string of the molecule is CC(C)n1nnc2c(CC=O)cccc21. The molecular formula is C11H13N3O. The molecule has 0 atom stereocenters. The molecule has 1 aromatic heterocycles. The maximum absolute atomic E-state index is 10.5. The van der Waals surface area contributed by atoms with E-state index in [4.69, 9.17) is 0 Å². The van der Waals surface area contributed by atoms with Gasteiger partial charge in [-0.05, 0) is 25.5 Å². The molecule has 2 aromatic rings. The Balaban J connectivity index is 2.63. The van der Waals surface area contributed by atoms with Gasteiger partial charge in [-0.25, -0.2) is 4.68 Å². The zero-order valence-electron chi connectivity index (χ0n) is 8.84. The molecule has 4 nitrogen and oxygen atoms in total. The van der Waals surface area contributed by atoms with Crippen LogP contribution in [-0.2, 0) is 11.2 Å². The first-order chi connectivity index (χ1) is 7.24. The molecule has 0 aliphatic carbocycles. The van der Waals surface area contributed by atoms with Crippen molar-refractivity contribution in [3.8, 4) is 0 Å². The monoisotopic (exact) mass is 203 g/mol. The maximum atomic E-state index is 10.5. The summed E-state index contributed by atoms with van der Waals surface area (Å²) in [5.41, 5.74) is 2.76. The van der Waals surface area contributed by atoms with E-state index in [0.717, 1.165) is 22.9 Å². The highest BCUT2D eigenvalue weighted by molar-refractivity contribution is 5.80. The minimum absolute atomic E-state index is 0.279. The third-order valence-electron chi connectivity index (χ3n) is 2.38. The van der Waals surface area contributed by atoms with Gasteiger partial charge in [0.25, 0.3) is 0 Å². The summed E-state index contributed by atoms with van der Waals surface area (Å²) in [7, 11) is 0. The molecule has 0 amide bonds. The lowest BCUT2D eigenvalue weighted by Crippen LogP contribution is -2.02. The van der Waals surface area contributed by atoms with Crippen molar-refractivity contribution < 1.29 is 4.79 Å². The molecule has 2 rings (SSSR count). The van der Waals surface area contributed by atoms with Crippen molar-refractivity contribution in [2.75, 3.05) is 0 Å². The summed E-state index contributed by atoms with van der Waals surface area (Å²) in [6, 6.07) is 6.10. The van der Waals surface area contributed by atoms with Crippen molar-refractivity contribution in [1.82, 2.24) is 15.0 Å². The van der Waals surface area contributed by atoms with Crippen molar-refractivity contribution in [3.05, 3.63) is 23.8 Å². The Morgan fingerprint density at radius 2 is 2.27 bits per heavy atom. The van der Waals surface area contributed by atoms with Crippen LogP contribution in [0.15, 0.2) is 18.2 Å². The molecule has 4 heteroatoms. The van der Waals surface area contributed by atoms with Gasteiger partial charge < -0.3 is 4.79 Å². The number of nitrogens with zero attached hydrogens (tertiary/aromatic N) is 3. The van der Waals surface area contributed by atoms with Gasteiger partial charge in [0.05, 0.1) is 5.52 Å². The van der Waals surface area contributed by atoms with Crippen molar-refractivity contribution in [3.63, 3.8) is 0 Å². The highest BCUT2D eigenvalue weighted by atomic mass is 16.1. The lowest BCUT2D eigenvalue weighted by atomic mass is 10.1. The Hall–Kier alpha value is -1.71. The number of benzene rings is 1. The van der Waals surface area contributed by atoms with E-state index in [1.54, 1.807) is 0 Å². The second-order valence-corrected chi connectivity index (χ2v) is 3.78. The van der Waals surface area contributed by atoms with E-state index in [1.807, 2.05) is 22.9 Å². The lowest BCUT2D eigenvalue weighted by Gasteiger charge is -2.05. The molecule has 0 N–H and O–H groups in total. The molecule has 0 unspecified atom stereocenters. The van der Waals surface area contributed by atoms with Crippen LogP contribution in [-0.4, -0.2) is 21.3 Å². The van der Waals surface area contributed by atoms with E-state index < -0.39 is 0 Å². The maximum Gasteiger partial charge on any atom is 0.124 e. The van der Waals surface area contributed by atoms with Crippen molar-refractivity contribution in [1.29, 1.82) is 0 Å². The molecule has 0 saturated carbocycles. The average Bonchev–Trinajstić information content (AvgIpc) is 2.62. The van der Waals surface area contributed by atoms with Crippen LogP contribution in [0.3, 0.4) is 0 Å². The van der Waals surface area contributed by atoms with Gasteiger partial charge in [0.15, 0.2) is 0 Å². The number of hydrogen-bond acceptors (Lipinski definition) is 3. The summed E-state index contributed by atoms with van der Waals surface area (Å²) in [5.74, 6) is 0. The molecule has 0 spiro atoms.